The van der Waals surface area contributed by atoms with Crippen LogP contribution in [0.15, 0.2) is 36.4 Å². The third kappa shape index (κ3) is 2.47. The Morgan fingerprint density at radius 3 is 2.85 bits per heavy atom. The molecule has 2 nitrogen and oxygen atoms in total. The number of hydrogen-bond acceptors (Lipinski definition) is 2. The number of likely N-dealkylation sites (N-methyl/N-ethyl adjacent to an activating group) is 1. The van der Waals surface area contributed by atoms with Crippen molar-refractivity contribution in [3.8, 4) is 11.1 Å². The molecule has 0 aliphatic carbocycles. The molecule has 0 saturated heterocycles. The van der Waals surface area contributed by atoms with Crippen LogP contribution in [0.5, 0.6) is 0 Å². The minimum atomic E-state index is 0.576. The summed E-state index contributed by atoms with van der Waals surface area (Å²) in [7, 11) is 2.14. The lowest BCUT2D eigenvalue weighted by molar-refractivity contribution is 0.313. The monoisotopic (exact) mass is 286 g/mol. The number of benzene rings is 2. The first-order chi connectivity index (χ1) is 9.69. The fourth-order valence-electron chi connectivity index (χ4n) is 2.91. The lowest BCUT2D eigenvalue weighted by atomic mass is 9.90. The Balaban J connectivity index is 2.12. The van der Waals surface area contributed by atoms with Gasteiger partial charge in [0.2, 0.25) is 0 Å². The van der Waals surface area contributed by atoms with E-state index < -0.39 is 0 Å². The first-order valence-corrected chi connectivity index (χ1v) is 7.35. The van der Waals surface area contributed by atoms with E-state index in [0.29, 0.717) is 6.54 Å². The zero-order valence-electron chi connectivity index (χ0n) is 11.7. The van der Waals surface area contributed by atoms with Gasteiger partial charge in [-0.1, -0.05) is 35.9 Å². The van der Waals surface area contributed by atoms with Gasteiger partial charge in [-0.2, -0.15) is 0 Å². The Kier molecular flexibility index (Phi) is 3.79. The second-order valence-corrected chi connectivity index (χ2v) is 5.85. The van der Waals surface area contributed by atoms with Gasteiger partial charge in [0.15, 0.2) is 0 Å². The minimum absolute atomic E-state index is 0.576. The molecule has 0 amide bonds. The van der Waals surface area contributed by atoms with Gasteiger partial charge in [0.1, 0.15) is 0 Å². The maximum Gasteiger partial charge on any atom is 0.0454 e. The van der Waals surface area contributed by atoms with Gasteiger partial charge < -0.3 is 10.6 Å². The molecule has 0 bridgehead atoms. The Labute approximate surface area is 125 Å². The topological polar surface area (TPSA) is 29.3 Å². The van der Waals surface area contributed by atoms with Crippen molar-refractivity contribution in [2.45, 2.75) is 19.5 Å². The predicted octanol–water partition coefficient (Wildman–Crippen LogP) is 3.45. The van der Waals surface area contributed by atoms with E-state index in [4.69, 9.17) is 17.3 Å². The van der Waals surface area contributed by atoms with Crippen LogP contribution in [0, 0.1) is 0 Å². The molecular formula is C17H19ClN2. The number of nitrogens with two attached hydrogens (primary N) is 1. The maximum absolute atomic E-state index is 6.38. The Hall–Kier alpha value is -1.35. The third-order valence-corrected chi connectivity index (χ3v) is 4.37. The molecular weight excluding hydrogens is 268 g/mol. The molecule has 1 aliphatic rings. The van der Waals surface area contributed by atoms with Crippen molar-refractivity contribution in [1.82, 2.24) is 4.90 Å². The van der Waals surface area contributed by atoms with Gasteiger partial charge in [-0.15, -0.1) is 0 Å². The molecule has 104 valence electrons. The van der Waals surface area contributed by atoms with Crippen LogP contribution in [0.1, 0.15) is 16.7 Å². The molecule has 0 radical (unpaired) electrons. The van der Waals surface area contributed by atoms with E-state index in [1.165, 1.54) is 27.8 Å². The van der Waals surface area contributed by atoms with Crippen molar-refractivity contribution in [3.63, 3.8) is 0 Å². The van der Waals surface area contributed by atoms with Crippen LogP contribution in [0.3, 0.4) is 0 Å². The summed E-state index contributed by atoms with van der Waals surface area (Å²) in [5.41, 5.74) is 12.1. The smallest absolute Gasteiger partial charge is 0.0454 e. The van der Waals surface area contributed by atoms with Crippen molar-refractivity contribution < 1.29 is 0 Å². The van der Waals surface area contributed by atoms with Crippen LogP contribution < -0.4 is 5.73 Å². The SMILES string of the molecule is CN1CCc2c(-c3cccc(CN)c3)ccc(Cl)c2C1. The van der Waals surface area contributed by atoms with Gasteiger partial charge in [-0.05, 0) is 53.4 Å². The molecule has 3 heteroatoms. The highest BCUT2D eigenvalue weighted by Crippen LogP contribution is 2.34. The predicted molar refractivity (Wildman–Crippen MR) is 84.8 cm³/mol. The fourth-order valence-corrected chi connectivity index (χ4v) is 3.15. The van der Waals surface area contributed by atoms with Gasteiger partial charge in [-0.3, -0.25) is 0 Å². The number of hydrogen-bond donors (Lipinski definition) is 1. The van der Waals surface area contributed by atoms with E-state index in [2.05, 4.69) is 42.3 Å². The van der Waals surface area contributed by atoms with Crippen molar-refractivity contribution in [2.24, 2.45) is 5.73 Å². The molecule has 0 aromatic heterocycles. The molecule has 1 heterocycles. The van der Waals surface area contributed by atoms with E-state index in [0.717, 1.165) is 24.5 Å². The van der Waals surface area contributed by atoms with Gasteiger partial charge in [0.25, 0.3) is 0 Å². The summed E-state index contributed by atoms with van der Waals surface area (Å²) >= 11 is 6.38. The molecule has 0 atom stereocenters. The molecule has 0 saturated carbocycles. The summed E-state index contributed by atoms with van der Waals surface area (Å²) in [6.07, 6.45) is 1.05. The number of rotatable bonds is 2. The molecule has 0 fully saturated rings. The Morgan fingerprint density at radius 1 is 1.20 bits per heavy atom. The maximum atomic E-state index is 6.38. The summed E-state index contributed by atoms with van der Waals surface area (Å²) < 4.78 is 0. The van der Waals surface area contributed by atoms with Gasteiger partial charge >= 0.3 is 0 Å². The summed E-state index contributed by atoms with van der Waals surface area (Å²) in [6.45, 7) is 2.59. The molecule has 3 rings (SSSR count). The molecule has 20 heavy (non-hydrogen) atoms. The first-order valence-electron chi connectivity index (χ1n) is 6.97. The average molecular weight is 287 g/mol. The van der Waals surface area contributed by atoms with Crippen LogP contribution in [-0.2, 0) is 19.5 Å². The van der Waals surface area contributed by atoms with Crippen molar-refractivity contribution in [3.05, 3.63) is 58.1 Å². The average Bonchev–Trinajstić information content (AvgIpc) is 2.48. The van der Waals surface area contributed by atoms with E-state index in [9.17, 15) is 0 Å². The van der Waals surface area contributed by atoms with Crippen LogP contribution in [0.25, 0.3) is 11.1 Å². The van der Waals surface area contributed by atoms with E-state index in [-0.39, 0.29) is 0 Å². The zero-order chi connectivity index (χ0) is 14.1. The quantitative estimate of drug-likeness (QED) is 0.916. The highest BCUT2D eigenvalue weighted by Gasteiger charge is 2.19. The van der Waals surface area contributed by atoms with Crippen LogP contribution in [-0.4, -0.2) is 18.5 Å². The Morgan fingerprint density at radius 2 is 2.05 bits per heavy atom. The Bertz CT molecular complexity index is 637. The lowest BCUT2D eigenvalue weighted by Gasteiger charge is -2.28. The molecule has 1 aliphatic heterocycles. The second-order valence-electron chi connectivity index (χ2n) is 5.44. The second kappa shape index (κ2) is 5.57. The highest BCUT2D eigenvalue weighted by atomic mass is 35.5. The largest absolute Gasteiger partial charge is 0.326 e. The van der Waals surface area contributed by atoms with E-state index in [1.54, 1.807) is 0 Å². The van der Waals surface area contributed by atoms with Crippen LogP contribution in [0.4, 0.5) is 0 Å². The van der Waals surface area contributed by atoms with Gasteiger partial charge in [0.05, 0.1) is 0 Å². The van der Waals surface area contributed by atoms with Crippen molar-refractivity contribution >= 4 is 11.6 Å². The summed E-state index contributed by atoms with van der Waals surface area (Å²) in [6, 6.07) is 12.6. The molecule has 2 aromatic rings. The fraction of sp³-hybridized carbons (Fsp3) is 0.294. The summed E-state index contributed by atoms with van der Waals surface area (Å²) in [5.74, 6) is 0. The highest BCUT2D eigenvalue weighted by molar-refractivity contribution is 6.31. The number of halogens is 1. The number of nitrogens with zero attached hydrogens (tertiary/aromatic N) is 1. The van der Waals surface area contributed by atoms with Crippen molar-refractivity contribution in [2.75, 3.05) is 13.6 Å². The van der Waals surface area contributed by atoms with E-state index in [1.807, 2.05) is 6.07 Å². The summed E-state index contributed by atoms with van der Waals surface area (Å²) in [5, 5.41) is 0.880. The standard InChI is InChI=1S/C17H19ClN2/c1-20-8-7-15-14(5-6-17(18)16(15)11-20)13-4-2-3-12(9-13)10-19/h2-6,9H,7-8,10-11,19H2,1H3. The van der Waals surface area contributed by atoms with Crippen LogP contribution >= 0.6 is 11.6 Å². The molecule has 0 spiro atoms. The summed E-state index contributed by atoms with van der Waals surface area (Å²) in [4.78, 5) is 2.31. The normalized spacial score (nSPS) is 15.2. The molecule has 2 aromatic carbocycles. The third-order valence-electron chi connectivity index (χ3n) is 4.02. The first kappa shape index (κ1) is 13.6. The minimum Gasteiger partial charge on any atom is -0.326 e. The lowest BCUT2D eigenvalue weighted by Crippen LogP contribution is -2.27. The van der Waals surface area contributed by atoms with Gasteiger partial charge in [0, 0.05) is 24.7 Å². The molecule has 0 unspecified atom stereocenters. The zero-order valence-corrected chi connectivity index (χ0v) is 12.5. The van der Waals surface area contributed by atoms with Gasteiger partial charge in [-0.25, -0.2) is 0 Å². The van der Waals surface area contributed by atoms with E-state index >= 15 is 0 Å². The van der Waals surface area contributed by atoms with Crippen molar-refractivity contribution in [1.29, 1.82) is 0 Å². The van der Waals surface area contributed by atoms with Crippen LogP contribution in [0.2, 0.25) is 5.02 Å². The molecule has 2 N–H and O–H groups in total. The number of fused-ring (bicyclic) bond motifs is 1.